The molecule has 21 heavy (non-hydrogen) atoms. The molecule has 6 nitrogen and oxygen atoms in total. The highest BCUT2D eigenvalue weighted by Crippen LogP contribution is 2.31. The maximum Gasteiger partial charge on any atom is 0.329 e. The van der Waals surface area contributed by atoms with Crippen LogP contribution in [0.15, 0.2) is 35.1 Å². The van der Waals surface area contributed by atoms with Gasteiger partial charge in [-0.2, -0.15) is 0 Å². The third-order valence-corrected chi connectivity index (χ3v) is 3.98. The highest BCUT2D eigenvalue weighted by atomic mass is 16.3. The van der Waals surface area contributed by atoms with Gasteiger partial charge in [-0.3, -0.25) is 9.36 Å². The molecule has 110 valence electrons. The Morgan fingerprint density at radius 3 is 2.48 bits per heavy atom. The number of nitrogens with one attached hydrogen (secondary N) is 1. The molecular formula is C15H17N3O3. The van der Waals surface area contributed by atoms with E-state index in [1.807, 2.05) is 30.3 Å². The van der Waals surface area contributed by atoms with E-state index >= 15 is 0 Å². The summed E-state index contributed by atoms with van der Waals surface area (Å²) in [4.78, 5) is 27.3. The number of aromatic nitrogens is 2. The van der Waals surface area contributed by atoms with Gasteiger partial charge in [0.1, 0.15) is 5.69 Å². The molecule has 0 bridgehead atoms. The van der Waals surface area contributed by atoms with Crippen LogP contribution in [0.1, 0.15) is 18.9 Å². The van der Waals surface area contributed by atoms with E-state index < -0.39 is 0 Å². The quantitative estimate of drug-likeness (QED) is 0.836. The number of H-pyrrole nitrogens is 1. The van der Waals surface area contributed by atoms with Gasteiger partial charge in [-0.25, -0.2) is 4.79 Å². The monoisotopic (exact) mass is 287 g/mol. The number of carbonyl (C=O) groups excluding carboxylic acids is 1. The minimum Gasteiger partial charge on any atom is -0.493 e. The largest absolute Gasteiger partial charge is 0.493 e. The van der Waals surface area contributed by atoms with Crippen molar-refractivity contribution in [1.29, 1.82) is 0 Å². The van der Waals surface area contributed by atoms with Gasteiger partial charge in [0.15, 0.2) is 0 Å². The number of imidazole rings is 1. The number of piperidine rings is 1. The maximum absolute atomic E-state index is 12.1. The lowest BCUT2D eigenvalue weighted by molar-refractivity contribution is -0.119. The van der Waals surface area contributed by atoms with E-state index in [0.29, 0.717) is 31.6 Å². The minimum atomic E-state index is -0.309. The summed E-state index contributed by atoms with van der Waals surface area (Å²) in [6.45, 7) is 1.21. The Morgan fingerprint density at radius 1 is 1.19 bits per heavy atom. The van der Waals surface area contributed by atoms with E-state index in [1.165, 1.54) is 4.57 Å². The van der Waals surface area contributed by atoms with Crippen LogP contribution in [0.3, 0.4) is 0 Å². The molecule has 1 fully saturated rings. The number of aromatic hydroxyl groups is 1. The van der Waals surface area contributed by atoms with Crippen LogP contribution in [-0.4, -0.2) is 39.1 Å². The van der Waals surface area contributed by atoms with Crippen molar-refractivity contribution >= 4 is 6.41 Å². The second-order valence-corrected chi connectivity index (χ2v) is 5.24. The fraction of sp³-hybridized carbons (Fsp3) is 0.333. The predicted octanol–water partition coefficient (Wildman–Crippen LogP) is 1.34. The summed E-state index contributed by atoms with van der Waals surface area (Å²) in [5, 5.41) is 10.4. The smallest absolute Gasteiger partial charge is 0.329 e. The lowest BCUT2D eigenvalue weighted by Crippen LogP contribution is -2.36. The number of aromatic amines is 1. The van der Waals surface area contributed by atoms with Crippen LogP contribution in [0.5, 0.6) is 5.88 Å². The Labute approximate surface area is 121 Å². The molecule has 0 saturated carbocycles. The fourth-order valence-electron chi connectivity index (χ4n) is 2.83. The topological polar surface area (TPSA) is 78.3 Å². The van der Waals surface area contributed by atoms with Gasteiger partial charge in [0.05, 0.1) is 0 Å². The number of nitrogens with zero attached hydrogens (tertiary/aromatic N) is 2. The van der Waals surface area contributed by atoms with Crippen molar-refractivity contribution in [3.63, 3.8) is 0 Å². The molecule has 3 rings (SSSR count). The Hall–Kier alpha value is -2.50. The molecule has 0 aliphatic carbocycles. The van der Waals surface area contributed by atoms with Crippen LogP contribution in [0.2, 0.25) is 0 Å². The van der Waals surface area contributed by atoms with Crippen molar-refractivity contribution in [1.82, 2.24) is 14.5 Å². The second kappa shape index (κ2) is 5.47. The van der Waals surface area contributed by atoms with Crippen molar-refractivity contribution in [2.24, 2.45) is 0 Å². The number of likely N-dealkylation sites (tertiary alicyclic amines) is 1. The van der Waals surface area contributed by atoms with Crippen LogP contribution in [0.4, 0.5) is 0 Å². The second-order valence-electron chi connectivity index (χ2n) is 5.24. The third-order valence-electron chi connectivity index (χ3n) is 3.98. The summed E-state index contributed by atoms with van der Waals surface area (Å²) in [7, 11) is 0. The molecule has 1 aliphatic rings. The number of carbonyl (C=O) groups is 1. The molecule has 6 heteroatoms. The van der Waals surface area contributed by atoms with Gasteiger partial charge in [0.25, 0.3) is 0 Å². The molecule has 1 aliphatic heterocycles. The van der Waals surface area contributed by atoms with Crippen molar-refractivity contribution < 1.29 is 9.90 Å². The Morgan fingerprint density at radius 2 is 1.86 bits per heavy atom. The first-order chi connectivity index (χ1) is 10.2. The van der Waals surface area contributed by atoms with Gasteiger partial charge in [-0.05, 0) is 12.8 Å². The number of hydrogen-bond donors (Lipinski definition) is 2. The number of benzene rings is 1. The van der Waals surface area contributed by atoms with Crippen LogP contribution in [0.25, 0.3) is 11.3 Å². The normalized spacial score (nSPS) is 16.1. The summed E-state index contributed by atoms with van der Waals surface area (Å²) < 4.78 is 1.41. The molecule has 1 amide bonds. The summed E-state index contributed by atoms with van der Waals surface area (Å²) in [5.41, 5.74) is 0.908. The molecule has 0 unspecified atom stereocenters. The molecule has 2 aromatic rings. The zero-order chi connectivity index (χ0) is 14.8. The van der Waals surface area contributed by atoms with E-state index in [4.69, 9.17) is 0 Å². The third kappa shape index (κ3) is 2.44. The predicted molar refractivity (Wildman–Crippen MR) is 78.1 cm³/mol. The number of rotatable bonds is 3. The average Bonchev–Trinajstić information content (AvgIpc) is 2.83. The van der Waals surface area contributed by atoms with Gasteiger partial charge in [-0.15, -0.1) is 0 Å². The lowest BCUT2D eigenvalue weighted by atomic mass is 10.1. The summed E-state index contributed by atoms with van der Waals surface area (Å²) in [5.74, 6) is -0.0317. The summed E-state index contributed by atoms with van der Waals surface area (Å²) in [6, 6.07) is 9.18. The highest BCUT2D eigenvalue weighted by Gasteiger charge is 2.25. The standard InChI is InChI=1S/C15H17N3O3/c19-10-17-8-6-12(7-9-17)18-14(20)13(16-15(18)21)11-4-2-1-3-5-11/h1-5,10,12,20H,6-9H2,(H,16,21). The SMILES string of the molecule is O=CN1CCC(n2c(O)c(-c3ccccc3)[nH]c2=O)CC1. The van der Waals surface area contributed by atoms with Crippen molar-refractivity contribution in [2.75, 3.05) is 13.1 Å². The first-order valence-electron chi connectivity index (χ1n) is 6.99. The van der Waals surface area contributed by atoms with Crippen molar-refractivity contribution in [3.8, 4) is 17.1 Å². The van der Waals surface area contributed by atoms with Crippen LogP contribution in [0, 0.1) is 0 Å². The van der Waals surface area contributed by atoms with Gasteiger partial charge < -0.3 is 15.0 Å². The molecule has 0 radical (unpaired) electrons. The van der Waals surface area contributed by atoms with Crippen LogP contribution < -0.4 is 5.69 Å². The maximum atomic E-state index is 12.1. The molecule has 2 heterocycles. The summed E-state index contributed by atoms with van der Waals surface area (Å²) in [6.07, 6.45) is 2.15. The first kappa shape index (κ1) is 13.5. The first-order valence-corrected chi connectivity index (χ1v) is 6.99. The van der Waals surface area contributed by atoms with Gasteiger partial charge in [0.2, 0.25) is 12.3 Å². The zero-order valence-corrected chi connectivity index (χ0v) is 11.5. The average molecular weight is 287 g/mol. The van der Waals surface area contributed by atoms with Crippen molar-refractivity contribution in [3.05, 3.63) is 40.8 Å². The van der Waals surface area contributed by atoms with Gasteiger partial charge in [-0.1, -0.05) is 30.3 Å². The van der Waals surface area contributed by atoms with Gasteiger partial charge in [0, 0.05) is 24.7 Å². The van der Waals surface area contributed by atoms with E-state index in [2.05, 4.69) is 4.98 Å². The lowest BCUT2D eigenvalue weighted by Gasteiger charge is -2.29. The molecule has 0 atom stereocenters. The zero-order valence-electron chi connectivity index (χ0n) is 11.5. The Bertz CT molecular complexity index is 682. The molecular weight excluding hydrogens is 270 g/mol. The Balaban J connectivity index is 1.93. The number of amides is 1. The van der Waals surface area contributed by atoms with E-state index in [9.17, 15) is 14.7 Å². The van der Waals surface area contributed by atoms with E-state index in [1.54, 1.807) is 4.90 Å². The van der Waals surface area contributed by atoms with Crippen LogP contribution in [-0.2, 0) is 4.79 Å². The Kier molecular flexibility index (Phi) is 3.51. The minimum absolute atomic E-state index is 0.0317. The van der Waals surface area contributed by atoms with Gasteiger partial charge >= 0.3 is 5.69 Å². The molecule has 0 spiro atoms. The summed E-state index contributed by atoms with van der Waals surface area (Å²) >= 11 is 0. The molecule has 1 aromatic heterocycles. The molecule has 1 aromatic carbocycles. The number of hydrogen-bond acceptors (Lipinski definition) is 3. The van der Waals surface area contributed by atoms with Crippen LogP contribution >= 0.6 is 0 Å². The van der Waals surface area contributed by atoms with Crippen molar-refractivity contribution in [2.45, 2.75) is 18.9 Å². The highest BCUT2D eigenvalue weighted by molar-refractivity contribution is 5.64. The fourth-order valence-corrected chi connectivity index (χ4v) is 2.83. The van der Waals surface area contributed by atoms with E-state index in [0.717, 1.165) is 12.0 Å². The molecule has 1 saturated heterocycles. The van der Waals surface area contributed by atoms with E-state index in [-0.39, 0.29) is 17.6 Å². The molecule has 2 N–H and O–H groups in total.